The van der Waals surface area contributed by atoms with Gasteiger partial charge in [-0.1, -0.05) is 0 Å². The summed E-state index contributed by atoms with van der Waals surface area (Å²) in [6, 6.07) is 0.753. The highest BCUT2D eigenvalue weighted by atomic mass is 16.4. The SMILES string of the molecule is CNc1cc2ncoc2c2c1C[C@H]1C[C@H]3NCCC/C(O)=C(/C(N)=O)C(=O)[C@@]3(O)C(O)=C1C2=O. The van der Waals surface area contributed by atoms with E-state index in [1.54, 1.807) is 13.1 Å². The summed E-state index contributed by atoms with van der Waals surface area (Å²) in [5.41, 5.74) is 4.02. The van der Waals surface area contributed by atoms with Crippen LogP contribution in [0.15, 0.2) is 39.5 Å². The molecule has 5 rings (SSSR count). The number of benzene rings is 1. The number of hydrogen-bond donors (Lipinski definition) is 6. The summed E-state index contributed by atoms with van der Waals surface area (Å²) in [7, 11) is 1.72. The van der Waals surface area contributed by atoms with Crippen molar-refractivity contribution in [1.82, 2.24) is 10.3 Å². The second kappa shape index (κ2) is 7.67. The van der Waals surface area contributed by atoms with E-state index in [2.05, 4.69) is 15.6 Å². The monoisotopic (exact) mass is 468 g/mol. The van der Waals surface area contributed by atoms with Gasteiger partial charge in [-0.05, 0) is 43.4 Å². The third-order valence-electron chi connectivity index (χ3n) is 7.06. The Morgan fingerprint density at radius 2 is 2.12 bits per heavy atom. The molecule has 0 bridgehead atoms. The Kier molecular flexibility index (Phi) is 4.99. The molecule has 0 unspecified atom stereocenters. The predicted octanol–water partition coefficient (Wildman–Crippen LogP) is 0.790. The Bertz CT molecular complexity index is 1320. The summed E-state index contributed by atoms with van der Waals surface area (Å²) in [5.74, 6) is -5.00. The first kappa shape index (κ1) is 22.1. The Morgan fingerprint density at radius 3 is 2.82 bits per heavy atom. The number of aliphatic hydroxyl groups is 3. The molecule has 34 heavy (non-hydrogen) atoms. The average Bonchev–Trinajstić information content (AvgIpc) is 3.27. The molecule has 2 heterocycles. The van der Waals surface area contributed by atoms with Crippen molar-refractivity contribution in [2.45, 2.75) is 37.3 Å². The lowest BCUT2D eigenvalue weighted by molar-refractivity contribution is -0.138. The molecular weight excluding hydrogens is 444 g/mol. The molecule has 11 nitrogen and oxygen atoms in total. The number of Topliss-reactive ketones (excluding diaryl/α,β-unsaturated/α-hetero) is 2. The maximum atomic E-state index is 13.7. The number of nitrogens with one attached hydrogen (secondary N) is 2. The fraction of sp³-hybridized carbons (Fsp3) is 0.391. The molecule has 178 valence electrons. The first-order valence-corrected chi connectivity index (χ1v) is 11.0. The van der Waals surface area contributed by atoms with Crippen molar-refractivity contribution in [1.29, 1.82) is 0 Å². The maximum Gasteiger partial charge on any atom is 0.255 e. The number of rotatable bonds is 2. The van der Waals surface area contributed by atoms with E-state index in [0.717, 1.165) is 0 Å². The van der Waals surface area contributed by atoms with Gasteiger partial charge in [-0.15, -0.1) is 0 Å². The van der Waals surface area contributed by atoms with E-state index in [4.69, 9.17) is 10.2 Å². The summed E-state index contributed by atoms with van der Waals surface area (Å²) >= 11 is 0. The van der Waals surface area contributed by atoms with Crippen molar-refractivity contribution < 1.29 is 34.1 Å². The quantitative estimate of drug-likeness (QED) is 0.344. The molecule has 0 radical (unpaired) electrons. The zero-order valence-corrected chi connectivity index (χ0v) is 18.3. The summed E-state index contributed by atoms with van der Waals surface area (Å²) < 4.78 is 5.46. The van der Waals surface area contributed by atoms with Crippen molar-refractivity contribution in [3.63, 3.8) is 0 Å². The highest BCUT2D eigenvalue weighted by molar-refractivity contribution is 6.24. The Balaban J connectivity index is 1.74. The molecule has 2 aromatic rings. The third-order valence-corrected chi connectivity index (χ3v) is 7.06. The molecular formula is C23H24N4O7. The number of carbonyl (C=O) groups is 3. The number of aliphatic hydroxyl groups excluding tert-OH is 2. The molecule has 0 saturated carbocycles. The van der Waals surface area contributed by atoms with Crippen molar-refractivity contribution in [2.24, 2.45) is 11.7 Å². The van der Waals surface area contributed by atoms with Gasteiger partial charge in [-0.25, -0.2) is 4.98 Å². The number of fused-ring (bicyclic) bond motifs is 5. The highest BCUT2D eigenvalue weighted by Crippen LogP contribution is 2.47. The lowest BCUT2D eigenvalue weighted by atomic mass is 9.65. The molecule has 11 heteroatoms. The van der Waals surface area contributed by atoms with Crippen molar-refractivity contribution in [3.8, 4) is 0 Å². The van der Waals surface area contributed by atoms with Crippen LogP contribution < -0.4 is 16.4 Å². The van der Waals surface area contributed by atoms with Crippen LogP contribution in [-0.2, 0) is 16.0 Å². The van der Waals surface area contributed by atoms with E-state index in [9.17, 15) is 29.7 Å². The molecule has 2 aliphatic carbocycles. The van der Waals surface area contributed by atoms with Crippen LogP contribution in [0.2, 0.25) is 0 Å². The molecule has 0 fully saturated rings. The molecule has 0 saturated heterocycles. The van der Waals surface area contributed by atoms with Crippen LogP contribution in [0.5, 0.6) is 0 Å². The number of oxazole rings is 1. The normalized spacial score (nSPS) is 29.6. The smallest absolute Gasteiger partial charge is 0.255 e. The number of primary amides is 1. The first-order chi connectivity index (χ1) is 16.2. The summed E-state index contributed by atoms with van der Waals surface area (Å²) in [5, 5.41) is 39.4. The molecule has 0 spiro atoms. The standard InChI is InChI=1S/C23H24N4O7/c1-25-11-7-12-19(34-8-27-12)16-10(11)5-9-6-14-23(33,20(30)15(9)18(16)29)21(31)17(22(24)32)13(28)3-2-4-26-14/h7-9,14,25-26,28,30,33H,2-6H2,1H3,(H2,24,32)/b17-13-/t9-,14+,23-/m0/s1. The Labute approximate surface area is 193 Å². The van der Waals surface area contributed by atoms with Crippen LogP contribution >= 0.6 is 0 Å². The van der Waals surface area contributed by atoms with Crippen LogP contribution in [0.25, 0.3) is 11.1 Å². The summed E-state index contributed by atoms with van der Waals surface area (Å²) in [6.07, 6.45) is 2.01. The second-order valence-electron chi connectivity index (χ2n) is 8.85. The Morgan fingerprint density at radius 1 is 1.35 bits per heavy atom. The minimum Gasteiger partial charge on any atom is -0.511 e. The number of carbonyl (C=O) groups excluding carboxylic acids is 3. The molecule has 1 amide bonds. The van der Waals surface area contributed by atoms with E-state index in [0.29, 0.717) is 29.6 Å². The average molecular weight is 468 g/mol. The van der Waals surface area contributed by atoms with E-state index >= 15 is 0 Å². The zero-order chi connectivity index (χ0) is 24.4. The van der Waals surface area contributed by atoms with Gasteiger partial charge in [0.15, 0.2) is 17.8 Å². The summed E-state index contributed by atoms with van der Waals surface area (Å²) in [6.45, 7) is 0.288. The molecule has 7 N–H and O–H groups in total. The van der Waals surface area contributed by atoms with Crippen LogP contribution in [0, 0.1) is 5.92 Å². The molecule has 1 aliphatic heterocycles. The number of amides is 1. The van der Waals surface area contributed by atoms with Crippen molar-refractivity contribution in [3.05, 3.63) is 46.3 Å². The van der Waals surface area contributed by atoms with E-state index < -0.39 is 52.1 Å². The van der Waals surface area contributed by atoms with Crippen molar-refractivity contribution in [2.75, 3.05) is 18.9 Å². The van der Waals surface area contributed by atoms with Gasteiger partial charge >= 0.3 is 0 Å². The predicted molar refractivity (Wildman–Crippen MR) is 119 cm³/mol. The highest BCUT2D eigenvalue weighted by Gasteiger charge is 2.57. The molecule has 1 aromatic heterocycles. The second-order valence-corrected chi connectivity index (χ2v) is 8.85. The van der Waals surface area contributed by atoms with Gasteiger partial charge in [0, 0.05) is 24.7 Å². The fourth-order valence-electron chi connectivity index (χ4n) is 5.44. The number of hydrogen-bond acceptors (Lipinski definition) is 10. The van der Waals surface area contributed by atoms with Crippen LogP contribution in [0.3, 0.4) is 0 Å². The number of anilines is 1. The summed E-state index contributed by atoms with van der Waals surface area (Å²) in [4.78, 5) is 43.3. The number of ketones is 2. The fourth-order valence-corrected chi connectivity index (χ4v) is 5.44. The van der Waals surface area contributed by atoms with Gasteiger partial charge in [0.2, 0.25) is 11.4 Å². The lowest BCUT2D eigenvalue weighted by Gasteiger charge is -2.44. The number of nitrogens with zero attached hydrogens (tertiary/aromatic N) is 1. The number of allylic oxidation sites excluding steroid dienone is 2. The number of aromatic nitrogens is 1. The van der Waals surface area contributed by atoms with Gasteiger partial charge in [0.05, 0.1) is 11.6 Å². The van der Waals surface area contributed by atoms with Gasteiger partial charge in [-0.2, -0.15) is 0 Å². The van der Waals surface area contributed by atoms with E-state index in [1.807, 2.05) is 0 Å². The number of nitrogens with two attached hydrogens (primary N) is 1. The third kappa shape index (κ3) is 2.90. The van der Waals surface area contributed by atoms with E-state index in [-0.39, 0.29) is 36.1 Å². The van der Waals surface area contributed by atoms with Gasteiger partial charge in [0.1, 0.15) is 22.6 Å². The molecule has 3 atom stereocenters. The van der Waals surface area contributed by atoms with Crippen LogP contribution in [-0.4, -0.2) is 63.0 Å². The van der Waals surface area contributed by atoms with Gasteiger partial charge in [0.25, 0.3) is 5.91 Å². The first-order valence-electron chi connectivity index (χ1n) is 11.0. The van der Waals surface area contributed by atoms with E-state index in [1.165, 1.54) is 6.39 Å². The minimum atomic E-state index is -2.66. The lowest BCUT2D eigenvalue weighted by Crippen LogP contribution is -2.62. The van der Waals surface area contributed by atoms with Crippen LogP contribution in [0.4, 0.5) is 5.69 Å². The molecule has 1 aromatic carbocycles. The topological polar surface area (TPSA) is 188 Å². The minimum absolute atomic E-state index is 0.0139. The van der Waals surface area contributed by atoms with Gasteiger partial charge < -0.3 is 36.1 Å². The maximum absolute atomic E-state index is 13.7. The largest absolute Gasteiger partial charge is 0.511 e. The Hall–Kier alpha value is -3.70. The molecule has 3 aliphatic rings. The van der Waals surface area contributed by atoms with Crippen molar-refractivity contribution >= 4 is 34.3 Å². The zero-order valence-electron chi connectivity index (χ0n) is 18.3. The van der Waals surface area contributed by atoms with Gasteiger partial charge in [-0.3, -0.25) is 14.4 Å². The van der Waals surface area contributed by atoms with Crippen LogP contribution in [0.1, 0.15) is 35.2 Å².